The molecule has 0 saturated heterocycles. The van der Waals surface area contributed by atoms with Gasteiger partial charge in [-0.2, -0.15) is 11.8 Å². The maximum Gasteiger partial charge on any atom is 0.130 e. The number of alkyl halides is 2. The Morgan fingerprint density at radius 1 is 1.18 bits per heavy atom. The minimum Gasteiger partial charge on any atom is -0.385 e. The Morgan fingerprint density at radius 2 is 1.82 bits per heavy atom. The van der Waals surface area contributed by atoms with E-state index >= 15 is 0 Å². The second kappa shape index (κ2) is 6.70. The molecule has 7 unspecified atom stereocenters. The highest BCUT2D eigenvalue weighted by atomic mass is 35.5. The van der Waals surface area contributed by atoms with Crippen LogP contribution in [-0.2, 0) is 0 Å². The van der Waals surface area contributed by atoms with Gasteiger partial charge < -0.3 is 10.8 Å². The number of hydrogen-bond donors (Lipinski definition) is 2. The summed E-state index contributed by atoms with van der Waals surface area (Å²) in [5, 5.41) is 12.3. The summed E-state index contributed by atoms with van der Waals surface area (Å²) in [4.78, 5) is 4.63. The van der Waals surface area contributed by atoms with Crippen LogP contribution in [0.3, 0.4) is 0 Å². The molecule has 3 N–H and O–H groups in total. The lowest BCUT2D eigenvalue weighted by Crippen LogP contribution is -2.59. The summed E-state index contributed by atoms with van der Waals surface area (Å²) in [6, 6.07) is 0.142. The van der Waals surface area contributed by atoms with Gasteiger partial charge in [0.15, 0.2) is 0 Å². The van der Waals surface area contributed by atoms with Crippen LogP contribution in [0.5, 0.6) is 0 Å². The van der Waals surface area contributed by atoms with Crippen molar-refractivity contribution in [3.05, 3.63) is 0 Å². The van der Waals surface area contributed by atoms with E-state index in [9.17, 15) is 5.11 Å². The molecule has 3 aliphatic rings. The molecule has 6 heteroatoms. The maximum absolute atomic E-state index is 11.6. The highest BCUT2D eigenvalue weighted by Crippen LogP contribution is 2.51. The highest BCUT2D eigenvalue weighted by molar-refractivity contribution is 7.99. The maximum atomic E-state index is 11.6. The van der Waals surface area contributed by atoms with Crippen molar-refractivity contribution in [2.75, 3.05) is 5.75 Å². The van der Waals surface area contributed by atoms with Gasteiger partial charge in [-0.05, 0) is 44.3 Å². The van der Waals surface area contributed by atoms with Gasteiger partial charge in [-0.1, -0.05) is 6.92 Å². The largest absolute Gasteiger partial charge is 0.385 e. The van der Waals surface area contributed by atoms with Crippen LogP contribution >= 0.6 is 35.0 Å². The number of rotatable bonds is 3. The molecule has 2 fully saturated rings. The molecule has 3 rings (SSSR count). The van der Waals surface area contributed by atoms with E-state index in [2.05, 4.69) is 11.9 Å². The minimum atomic E-state index is -1.02. The monoisotopic (exact) mass is 364 g/mol. The number of nitrogens with two attached hydrogens (primary N) is 1. The topological polar surface area (TPSA) is 58.6 Å². The lowest BCUT2D eigenvalue weighted by molar-refractivity contribution is -0.0258. The zero-order valence-electron chi connectivity index (χ0n) is 13.0. The molecule has 126 valence electrons. The van der Waals surface area contributed by atoms with Gasteiger partial charge in [0.1, 0.15) is 11.4 Å². The summed E-state index contributed by atoms with van der Waals surface area (Å²) in [6.45, 7) is 2.17. The molecule has 0 aromatic rings. The number of amidine groups is 1. The Hall–Kier alpha value is 0.360. The van der Waals surface area contributed by atoms with Gasteiger partial charge in [-0.3, -0.25) is 4.99 Å². The zero-order chi connectivity index (χ0) is 15.9. The number of fused-ring (bicyclic) bond motifs is 1. The summed E-state index contributed by atoms with van der Waals surface area (Å²) in [6.07, 6.45) is 5.60. The van der Waals surface area contributed by atoms with Gasteiger partial charge in [-0.15, -0.1) is 23.2 Å². The van der Waals surface area contributed by atoms with Crippen LogP contribution in [0, 0.1) is 11.8 Å². The van der Waals surface area contributed by atoms with Crippen molar-refractivity contribution < 1.29 is 5.11 Å². The van der Waals surface area contributed by atoms with Crippen molar-refractivity contribution in [3.63, 3.8) is 0 Å². The van der Waals surface area contributed by atoms with Gasteiger partial charge in [0, 0.05) is 27.8 Å². The van der Waals surface area contributed by atoms with Crippen molar-refractivity contribution in [2.45, 2.75) is 73.1 Å². The molecule has 1 aliphatic heterocycles. The van der Waals surface area contributed by atoms with Crippen LogP contribution in [-0.4, -0.2) is 44.3 Å². The number of nitrogens with zero attached hydrogens (tertiary/aromatic N) is 1. The Bertz CT molecular complexity index is 450. The normalized spacial score (nSPS) is 48.8. The van der Waals surface area contributed by atoms with Gasteiger partial charge in [-0.25, -0.2) is 0 Å². The molecule has 0 spiro atoms. The van der Waals surface area contributed by atoms with E-state index < -0.39 is 5.60 Å². The van der Waals surface area contributed by atoms with Crippen molar-refractivity contribution in [2.24, 2.45) is 22.6 Å². The third-order valence-electron chi connectivity index (χ3n) is 5.70. The van der Waals surface area contributed by atoms with Crippen molar-refractivity contribution in [3.8, 4) is 0 Å². The predicted octanol–water partition coefficient (Wildman–Crippen LogP) is 3.39. The van der Waals surface area contributed by atoms with E-state index in [0.717, 1.165) is 44.3 Å². The van der Waals surface area contributed by atoms with Crippen molar-refractivity contribution in [1.82, 2.24) is 0 Å². The van der Waals surface area contributed by atoms with E-state index in [4.69, 9.17) is 28.9 Å². The first-order valence-electron chi connectivity index (χ1n) is 8.42. The van der Waals surface area contributed by atoms with E-state index in [0.29, 0.717) is 11.1 Å². The summed E-state index contributed by atoms with van der Waals surface area (Å²) in [7, 11) is 0. The molecule has 7 atom stereocenters. The molecule has 2 aliphatic carbocycles. The van der Waals surface area contributed by atoms with E-state index in [-0.39, 0.29) is 28.6 Å². The van der Waals surface area contributed by atoms with Crippen LogP contribution in [0.15, 0.2) is 4.99 Å². The smallest absolute Gasteiger partial charge is 0.130 e. The molecule has 1 heterocycles. The predicted molar refractivity (Wildman–Crippen MR) is 96.2 cm³/mol. The van der Waals surface area contributed by atoms with Gasteiger partial charge in [0.2, 0.25) is 0 Å². The van der Waals surface area contributed by atoms with Gasteiger partial charge >= 0.3 is 0 Å². The Kier molecular flexibility index (Phi) is 5.23. The summed E-state index contributed by atoms with van der Waals surface area (Å²) >= 11 is 14.8. The van der Waals surface area contributed by atoms with Crippen molar-refractivity contribution in [1.29, 1.82) is 0 Å². The molecule has 2 saturated carbocycles. The summed E-state index contributed by atoms with van der Waals surface area (Å²) < 4.78 is 0. The van der Waals surface area contributed by atoms with Crippen molar-refractivity contribution >= 4 is 40.8 Å². The molecule has 0 radical (unpaired) electrons. The molecule has 0 bridgehead atoms. The fraction of sp³-hybridized carbons (Fsp3) is 0.938. The number of thioether (sulfide) groups is 1. The van der Waals surface area contributed by atoms with Crippen LogP contribution in [0.4, 0.5) is 0 Å². The number of aliphatic hydroxyl groups is 1. The number of halogens is 2. The molecule has 22 heavy (non-hydrogen) atoms. The number of aliphatic imine (C=N–C) groups is 1. The lowest BCUT2D eigenvalue weighted by atomic mass is 9.66. The van der Waals surface area contributed by atoms with Crippen LogP contribution in [0.1, 0.15) is 45.4 Å². The fourth-order valence-electron chi connectivity index (χ4n) is 4.64. The first kappa shape index (κ1) is 17.2. The Balaban J connectivity index is 1.90. The van der Waals surface area contributed by atoms with E-state index in [1.54, 1.807) is 0 Å². The van der Waals surface area contributed by atoms with E-state index in [1.165, 1.54) is 0 Å². The van der Waals surface area contributed by atoms with Gasteiger partial charge in [0.25, 0.3) is 0 Å². The molecule has 3 nitrogen and oxygen atoms in total. The van der Waals surface area contributed by atoms with Crippen LogP contribution < -0.4 is 5.73 Å². The highest BCUT2D eigenvalue weighted by Gasteiger charge is 2.58. The molecule has 0 aromatic heterocycles. The van der Waals surface area contributed by atoms with E-state index in [1.807, 2.05) is 11.8 Å². The lowest BCUT2D eigenvalue weighted by Gasteiger charge is -2.47. The average Bonchev–Trinajstić information content (AvgIpc) is 2.74. The second-order valence-corrected chi connectivity index (χ2v) is 9.69. The molecular formula is C16H26Cl2N2OS. The zero-order valence-corrected chi connectivity index (χ0v) is 15.4. The van der Waals surface area contributed by atoms with Gasteiger partial charge in [0.05, 0.1) is 6.04 Å². The SMILES string of the molecule is CCSC1CCC(Cl)CC1C1(O)C(N)=NC2CCC(Cl)CC21. The van der Waals surface area contributed by atoms with Crippen LogP contribution in [0.25, 0.3) is 0 Å². The minimum absolute atomic E-state index is 0.0654. The molecule has 0 aromatic carbocycles. The quantitative estimate of drug-likeness (QED) is 0.754. The number of hydrogen-bond acceptors (Lipinski definition) is 4. The second-order valence-electron chi connectivity index (χ2n) is 6.93. The average molecular weight is 365 g/mol. The first-order chi connectivity index (χ1) is 10.5. The fourth-order valence-corrected chi connectivity index (χ4v) is 6.55. The first-order valence-corrected chi connectivity index (χ1v) is 10.3. The Labute approximate surface area is 147 Å². The molecular weight excluding hydrogens is 339 g/mol. The Morgan fingerprint density at radius 3 is 2.50 bits per heavy atom. The third-order valence-corrected chi connectivity index (χ3v) is 7.82. The molecule has 0 amide bonds. The summed E-state index contributed by atoms with van der Waals surface area (Å²) in [5.74, 6) is 1.64. The summed E-state index contributed by atoms with van der Waals surface area (Å²) in [5.41, 5.74) is 5.24. The third kappa shape index (κ3) is 2.89. The van der Waals surface area contributed by atoms with Crippen LogP contribution in [0.2, 0.25) is 0 Å². The standard InChI is InChI=1S/C16H26Cl2N2OS/c1-2-22-14-6-4-10(18)8-12(14)16(21)11-7-9(17)3-5-13(11)20-15(16)19/h9-14,21H,2-8H2,1H3,(H2,19,20).